The largest absolute Gasteiger partial charge is 0.390 e. The zero-order valence-corrected chi connectivity index (χ0v) is 28.3. The van der Waals surface area contributed by atoms with Crippen LogP contribution in [-0.2, 0) is 50.2 Å². The third-order valence-corrected chi connectivity index (χ3v) is 9.00. The summed E-state index contributed by atoms with van der Waals surface area (Å²) in [7, 11) is 0. The van der Waals surface area contributed by atoms with Crippen molar-refractivity contribution in [2.24, 2.45) is 0 Å². The maximum absolute atomic E-state index is 14.5. The van der Waals surface area contributed by atoms with Gasteiger partial charge < -0.3 is 34.1 Å². The topological polar surface area (TPSA) is 97.7 Å². The van der Waals surface area contributed by atoms with Crippen LogP contribution in [0.5, 0.6) is 0 Å². The van der Waals surface area contributed by atoms with Gasteiger partial charge in [-0.05, 0) is 48.4 Å². The Bertz CT molecular complexity index is 1500. The van der Waals surface area contributed by atoms with Gasteiger partial charge in [0.2, 0.25) is 0 Å². The molecule has 0 unspecified atom stereocenters. The van der Waals surface area contributed by atoms with E-state index in [-0.39, 0.29) is 38.9 Å². The molecule has 1 aliphatic heterocycles. The third-order valence-electron chi connectivity index (χ3n) is 9.00. The van der Waals surface area contributed by atoms with E-state index >= 15 is 0 Å². The number of carbonyl (C=O) groups excluding carboxylic acids is 1. The highest BCUT2D eigenvalue weighted by Gasteiger charge is 2.52. The van der Waals surface area contributed by atoms with Crippen molar-refractivity contribution in [3.63, 3.8) is 0 Å². The van der Waals surface area contributed by atoms with Crippen LogP contribution in [0.4, 0.5) is 0 Å². The van der Waals surface area contributed by atoms with Crippen molar-refractivity contribution < 1.29 is 34.0 Å². The smallest absolute Gasteiger partial charge is 0.254 e. The molecule has 2 N–H and O–H groups in total. The Morgan fingerprint density at radius 2 is 1.08 bits per heavy atom. The number of rotatable bonds is 18. The SMILES string of the molecule is C[C@@H](O)[C@](O)(COCc1ccccc1)[C@@H](OCc1ccccc1)[C@H](OCc1ccccc1)[C@@H](OCc1ccccc1)C(=O)N1CCCCC1. The van der Waals surface area contributed by atoms with Crippen molar-refractivity contribution in [1.82, 2.24) is 4.90 Å². The first-order valence-corrected chi connectivity index (χ1v) is 17.2. The lowest BCUT2D eigenvalue weighted by atomic mass is 9.85. The van der Waals surface area contributed by atoms with E-state index in [0.29, 0.717) is 13.1 Å². The van der Waals surface area contributed by atoms with Gasteiger partial charge >= 0.3 is 0 Å². The van der Waals surface area contributed by atoms with E-state index in [4.69, 9.17) is 18.9 Å². The van der Waals surface area contributed by atoms with Crippen molar-refractivity contribution in [2.75, 3.05) is 19.7 Å². The number of carbonyl (C=O) groups is 1. The predicted molar refractivity (Wildman–Crippen MR) is 188 cm³/mol. The van der Waals surface area contributed by atoms with Crippen LogP contribution in [0.2, 0.25) is 0 Å². The average molecular weight is 668 g/mol. The fourth-order valence-electron chi connectivity index (χ4n) is 6.09. The van der Waals surface area contributed by atoms with Gasteiger partial charge in [0.05, 0.1) is 39.1 Å². The van der Waals surface area contributed by atoms with Crippen LogP contribution in [0.3, 0.4) is 0 Å². The summed E-state index contributed by atoms with van der Waals surface area (Å²) in [6.45, 7) is 2.98. The molecule has 49 heavy (non-hydrogen) atoms. The van der Waals surface area contributed by atoms with Gasteiger partial charge in [0.1, 0.15) is 17.8 Å². The highest BCUT2D eigenvalue weighted by Crippen LogP contribution is 2.31. The van der Waals surface area contributed by atoms with E-state index in [1.165, 1.54) is 6.92 Å². The Kier molecular flexibility index (Phi) is 13.9. The number of nitrogens with zero attached hydrogens (tertiary/aromatic N) is 1. The van der Waals surface area contributed by atoms with Gasteiger partial charge in [-0.2, -0.15) is 0 Å². The van der Waals surface area contributed by atoms with Crippen molar-refractivity contribution >= 4 is 5.91 Å². The molecule has 1 amide bonds. The maximum Gasteiger partial charge on any atom is 0.254 e. The van der Waals surface area contributed by atoms with Crippen LogP contribution in [0.25, 0.3) is 0 Å². The Morgan fingerprint density at radius 1 is 0.653 bits per heavy atom. The zero-order chi connectivity index (χ0) is 34.3. The highest BCUT2D eigenvalue weighted by atomic mass is 16.6. The van der Waals surface area contributed by atoms with Gasteiger partial charge in [-0.15, -0.1) is 0 Å². The molecule has 4 aromatic rings. The second-order valence-corrected chi connectivity index (χ2v) is 12.7. The number of piperidine rings is 1. The Hall–Kier alpha value is -3.89. The minimum absolute atomic E-state index is 0.0910. The Balaban J connectivity index is 1.54. The number of ether oxygens (including phenoxy) is 4. The molecule has 8 nitrogen and oxygen atoms in total. The van der Waals surface area contributed by atoms with Gasteiger partial charge in [0.25, 0.3) is 5.91 Å². The predicted octanol–water partition coefficient (Wildman–Crippen LogP) is 6.08. The molecule has 1 saturated heterocycles. The molecule has 8 heteroatoms. The molecule has 1 heterocycles. The summed E-state index contributed by atoms with van der Waals surface area (Å²) in [5, 5.41) is 23.9. The van der Waals surface area contributed by atoms with Gasteiger partial charge in [-0.3, -0.25) is 4.79 Å². The van der Waals surface area contributed by atoms with Gasteiger partial charge in [0, 0.05) is 13.1 Å². The molecule has 260 valence electrons. The molecule has 0 bridgehead atoms. The lowest BCUT2D eigenvalue weighted by Crippen LogP contribution is -2.64. The number of amides is 1. The fourth-order valence-corrected chi connectivity index (χ4v) is 6.09. The van der Waals surface area contributed by atoms with Crippen LogP contribution in [0.15, 0.2) is 121 Å². The van der Waals surface area contributed by atoms with Crippen LogP contribution < -0.4 is 0 Å². The monoisotopic (exact) mass is 667 g/mol. The summed E-state index contributed by atoms with van der Waals surface area (Å²) in [6, 6.07) is 38.5. The van der Waals surface area contributed by atoms with Crippen molar-refractivity contribution in [3.8, 4) is 0 Å². The zero-order valence-electron chi connectivity index (χ0n) is 28.3. The summed E-state index contributed by atoms with van der Waals surface area (Å²) >= 11 is 0. The molecular weight excluding hydrogens is 618 g/mol. The number of hydrogen-bond acceptors (Lipinski definition) is 7. The van der Waals surface area contributed by atoms with E-state index in [0.717, 1.165) is 41.5 Å². The van der Waals surface area contributed by atoms with E-state index in [1.807, 2.05) is 126 Å². The molecule has 1 aliphatic rings. The number of benzene rings is 4. The Morgan fingerprint density at radius 3 is 1.55 bits per heavy atom. The minimum atomic E-state index is -2.00. The number of hydrogen-bond donors (Lipinski definition) is 2. The molecule has 0 radical (unpaired) electrons. The minimum Gasteiger partial charge on any atom is -0.390 e. The summed E-state index contributed by atoms with van der Waals surface area (Å²) in [6.07, 6.45) is -2.04. The second-order valence-electron chi connectivity index (χ2n) is 12.7. The lowest BCUT2D eigenvalue weighted by Gasteiger charge is -2.44. The molecule has 1 fully saturated rings. The number of aliphatic hydroxyl groups excluding tert-OH is 1. The molecule has 0 aromatic heterocycles. The van der Waals surface area contributed by atoms with E-state index in [9.17, 15) is 15.0 Å². The lowest BCUT2D eigenvalue weighted by molar-refractivity contribution is -0.246. The van der Waals surface area contributed by atoms with Gasteiger partial charge in [0.15, 0.2) is 6.10 Å². The van der Waals surface area contributed by atoms with E-state index in [1.54, 1.807) is 0 Å². The summed E-state index contributed by atoms with van der Waals surface area (Å²) in [4.78, 5) is 16.4. The van der Waals surface area contributed by atoms with Crippen molar-refractivity contribution in [1.29, 1.82) is 0 Å². The quantitative estimate of drug-likeness (QED) is 0.133. The van der Waals surface area contributed by atoms with E-state index < -0.39 is 30.0 Å². The van der Waals surface area contributed by atoms with E-state index in [2.05, 4.69) is 0 Å². The molecule has 5 rings (SSSR count). The third kappa shape index (κ3) is 10.5. The van der Waals surface area contributed by atoms with Gasteiger partial charge in [-0.25, -0.2) is 0 Å². The maximum atomic E-state index is 14.5. The van der Waals surface area contributed by atoms with Crippen LogP contribution in [-0.4, -0.2) is 70.7 Å². The first-order valence-electron chi connectivity index (χ1n) is 17.2. The van der Waals surface area contributed by atoms with Gasteiger partial charge in [-0.1, -0.05) is 121 Å². The van der Waals surface area contributed by atoms with Crippen LogP contribution in [0.1, 0.15) is 48.4 Å². The number of likely N-dealkylation sites (tertiary alicyclic amines) is 1. The van der Waals surface area contributed by atoms with Crippen LogP contribution >= 0.6 is 0 Å². The average Bonchev–Trinajstić information content (AvgIpc) is 3.15. The highest BCUT2D eigenvalue weighted by molar-refractivity contribution is 5.82. The fraction of sp³-hybridized carbons (Fsp3) is 0.390. The molecular formula is C41H49NO7. The van der Waals surface area contributed by atoms with Crippen LogP contribution in [0, 0.1) is 0 Å². The first-order chi connectivity index (χ1) is 23.9. The summed E-state index contributed by atoms with van der Waals surface area (Å²) < 4.78 is 25.9. The molecule has 4 aromatic carbocycles. The standard InChI is InChI=1S/C41H49NO7/c1-32(43)41(45,31-46-27-33-17-7-2-8-18-33)39(49-30-36-23-13-5-14-24-36)37(47-28-34-19-9-3-10-20-34)38(40(44)42-25-15-6-16-26-42)48-29-35-21-11-4-12-22-35/h2-5,7-14,17-24,32,37-39,43,45H,6,15-16,25-31H2,1H3/t32-,37-,38-,39+,41-/m1/s1. The molecule has 0 aliphatic carbocycles. The summed E-state index contributed by atoms with van der Waals surface area (Å²) in [5.41, 5.74) is 1.54. The Labute approximate surface area is 290 Å². The van der Waals surface area contributed by atoms with Crippen molar-refractivity contribution in [3.05, 3.63) is 144 Å². The molecule has 5 atom stereocenters. The molecule has 0 saturated carbocycles. The summed E-state index contributed by atoms with van der Waals surface area (Å²) in [5.74, 6) is -0.236. The number of aliphatic hydroxyl groups is 2. The normalized spacial score (nSPS) is 17.1. The molecule has 0 spiro atoms. The first kappa shape index (κ1) is 36.4. The second kappa shape index (κ2) is 18.8. The van der Waals surface area contributed by atoms with Crippen molar-refractivity contribution in [2.45, 2.75) is 82.6 Å².